The van der Waals surface area contributed by atoms with Gasteiger partial charge in [0.05, 0.1) is 11.5 Å². The van der Waals surface area contributed by atoms with Crippen molar-refractivity contribution in [2.24, 2.45) is 5.92 Å². The summed E-state index contributed by atoms with van der Waals surface area (Å²) in [6.45, 7) is 3.99. The molecule has 2 aliphatic rings. The van der Waals surface area contributed by atoms with Crippen molar-refractivity contribution in [3.8, 4) is 5.75 Å². The molecule has 7 heteroatoms. The summed E-state index contributed by atoms with van der Waals surface area (Å²) in [7, 11) is -3.54. The molecule has 6 nitrogen and oxygen atoms in total. The Kier molecular flexibility index (Phi) is 5.98. The smallest absolute Gasteiger partial charge is 0.243 e. The van der Waals surface area contributed by atoms with Crippen LogP contribution in [-0.4, -0.2) is 56.3 Å². The highest BCUT2D eigenvalue weighted by molar-refractivity contribution is 7.89. The molecular formula is C19H26N2O4S. The minimum absolute atomic E-state index is 0.125. The molecule has 0 aromatic heterocycles. The van der Waals surface area contributed by atoms with Crippen molar-refractivity contribution < 1.29 is 17.9 Å². The average Bonchev–Trinajstić information content (AvgIpc) is 3.15. The van der Waals surface area contributed by atoms with Crippen molar-refractivity contribution in [1.82, 2.24) is 9.21 Å². The maximum absolute atomic E-state index is 12.8. The lowest BCUT2D eigenvalue weighted by atomic mass is 10.0. The number of rotatable bonds is 6. The summed E-state index contributed by atoms with van der Waals surface area (Å²) < 4.78 is 32.4. The fraction of sp³-hybridized carbons (Fsp3) is 0.526. The van der Waals surface area contributed by atoms with Crippen molar-refractivity contribution in [3.05, 3.63) is 36.4 Å². The molecule has 1 heterocycles. The zero-order valence-corrected chi connectivity index (χ0v) is 16.0. The van der Waals surface area contributed by atoms with Gasteiger partial charge >= 0.3 is 0 Å². The minimum atomic E-state index is -3.54. The molecule has 1 aromatic carbocycles. The normalized spacial score (nSPS) is 21.1. The van der Waals surface area contributed by atoms with Crippen LogP contribution in [0.3, 0.4) is 0 Å². The van der Waals surface area contributed by atoms with Gasteiger partial charge in [-0.2, -0.15) is 4.31 Å². The third-order valence-electron chi connectivity index (χ3n) is 4.91. The number of nitrogens with zero attached hydrogens (tertiary/aromatic N) is 2. The Morgan fingerprint density at radius 3 is 2.42 bits per heavy atom. The van der Waals surface area contributed by atoms with Gasteiger partial charge < -0.3 is 9.64 Å². The Hall–Kier alpha value is -1.86. The van der Waals surface area contributed by atoms with E-state index >= 15 is 0 Å². The third-order valence-corrected chi connectivity index (χ3v) is 6.83. The van der Waals surface area contributed by atoms with Crippen LogP contribution in [-0.2, 0) is 14.8 Å². The summed E-state index contributed by atoms with van der Waals surface area (Å²) in [4.78, 5) is 14.4. The molecule has 0 radical (unpaired) electrons. The van der Waals surface area contributed by atoms with Crippen LogP contribution in [0.4, 0.5) is 0 Å². The Labute approximate surface area is 155 Å². The van der Waals surface area contributed by atoms with Gasteiger partial charge in [0, 0.05) is 32.6 Å². The van der Waals surface area contributed by atoms with Crippen LogP contribution in [0.15, 0.2) is 41.3 Å². The van der Waals surface area contributed by atoms with Gasteiger partial charge in [-0.3, -0.25) is 4.79 Å². The molecular weight excluding hydrogens is 352 g/mol. The lowest BCUT2D eigenvalue weighted by Gasteiger charge is -2.34. The average molecular weight is 378 g/mol. The topological polar surface area (TPSA) is 66.9 Å². The molecule has 1 aliphatic carbocycles. The fourth-order valence-corrected chi connectivity index (χ4v) is 4.84. The van der Waals surface area contributed by atoms with Crippen LogP contribution in [0.1, 0.15) is 26.2 Å². The van der Waals surface area contributed by atoms with Crippen LogP contribution in [0, 0.1) is 5.92 Å². The molecule has 0 bridgehead atoms. The van der Waals surface area contributed by atoms with E-state index in [1.165, 1.54) is 4.31 Å². The van der Waals surface area contributed by atoms with Crippen LogP contribution >= 0.6 is 0 Å². The number of carbonyl (C=O) groups excluding carboxylic acids is 1. The lowest BCUT2D eigenvalue weighted by molar-refractivity contribution is -0.133. The summed E-state index contributed by atoms with van der Waals surface area (Å²) in [5, 5.41) is 0. The first-order chi connectivity index (χ1) is 12.5. The molecule has 0 spiro atoms. The van der Waals surface area contributed by atoms with Gasteiger partial charge in [0.2, 0.25) is 15.9 Å². The second kappa shape index (κ2) is 8.22. The van der Waals surface area contributed by atoms with Crippen molar-refractivity contribution in [3.63, 3.8) is 0 Å². The number of hydrogen-bond acceptors (Lipinski definition) is 4. The highest BCUT2D eigenvalue weighted by Gasteiger charge is 2.30. The Bertz CT molecular complexity index is 750. The maximum atomic E-state index is 12.8. The third kappa shape index (κ3) is 4.27. The molecule has 0 N–H and O–H groups in total. The first-order valence-corrected chi connectivity index (χ1v) is 10.6. The van der Waals surface area contributed by atoms with E-state index < -0.39 is 10.0 Å². The monoisotopic (exact) mass is 378 g/mol. The number of ether oxygens (including phenoxy) is 1. The van der Waals surface area contributed by atoms with E-state index in [-0.39, 0.29) is 10.8 Å². The van der Waals surface area contributed by atoms with Gasteiger partial charge in [-0.25, -0.2) is 8.42 Å². The zero-order valence-electron chi connectivity index (χ0n) is 15.1. The SMILES string of the molecule is CCOc1ccc(S(=O)(=O)N2CCN(C(=O)CC3C=CCC3)CC2)cc1. The molecule has 1 saturated heterocycles. The lowest BCUT2D eigenvalue weighted by Crippen LogP contribution is -2.50. The van der Waals surface area contributed by atoms with E-state index in [4.69, 9.17) is 4.74 Å². The van der Waals surface area contributed by atoms with Gasteiger partial charge in [-0.15, -0.1) is 0 Å². The van der Waals surface area contributed by atoms with Crippen LogP contribution in [0.5, 0.6) is 5.75 Å². The fourth-order valence-electron chi connectivity index (χ4n) is 3.42. The standard InChI is InChI=1S/C19H26N2O4S/c1-2-25-17-7-9-18(10-8-17)26(23,24)21-13-11-20(12-14-21)19(22)15-16-5-3-4-6-16/h3,5,7-10,16H,2,4,6,11-15H2,1H3. The van der Waals surface area contributed by atoms with Crippen LogP contribution in [0.2, 0.25) is 0 Å². The number of hydrogen-bond donors (Lipinski definition) is 0. The number of sulfonamides is 1. The molecule has 1 unspecified atom stereocenters. The van der Waals surface area contributed by atoms with Crippen molar-refractivity contribution in [1.29, 1.82) is 0 Å². The van der Waals surface area contributed by atoms with Gasteiger partial charge in [0.15, 0.2) is 0 Å². The maximum Gasteiger partial charge on any atom is 0.243 e. The summed E-state index contributed by atoms with van der Waals surface area (Å²) >= 11 is 0. The molecule has 1 atom stereocenters. The van der Waals surface area contributed by atoms with Crippen molar-refractivity contribution in [2.45, 2.75) is 31.1 Å². The number of amides is 1. The second-order valence-electron chi connectivity index (χ2n) is 6.66. The predicted molar refractivity (Wildman–Crippen MR) is 99.4 cm³/mol. The summed E-state index contributed by atoms with van der Waals surface area (Å²) in [5.74, 6) is 1.12. The Balaban J connectivity index is 1.57. The molecule has 3 rings (SSSR count). The molecule has 1 aromatic rings. The molecule has 1 aliphatic heterocycles. The van der Waals surface area contributed by atoms with Crippen LogP contribution < -0.4 is 4.74 Å². The van der Waals surface area contributed by atoms with Gasteiger partial charge in [-0.05, 0) is 49.9 Å². The quantitative estimate of drug-likeness (QED) is 0.712. The summed E-state index contributed by atoms with van der Waals surface area (Å²) in [6.07, 6.45) is 6.86. The zero-order chi connectivity index (χ0) is 18.6. The molecule has 26 heavy (non-hydrogen) atoms. The number of allylic oxidation sites excluding steroid dienone is 2. The predicted octanol–water partition coefficient (Wildman–Crippen LogP) is 2.27. The van der Waals surface area contributed by atoms with E-state index in [2.05, 4.69) is 12.2 Å². The first-order valence-electron chi connectivity index (χ1n) is 9.18. The highest BCUT2D eigenvalue weighted by Crippen LogP contribution is 2.23. The van der Waals surface area contributed by atoms with E-state index in [9.17, 15) is 13.2 Å². The number of carbonyl (C=O) groups is 1. The molecule has 142 valence electrons. The number of piperazine rings is 1. The molecule has 0 saturated carbocycles. The first kappa shape index (κ1) is 18.9. The largest absolute Gasteiger partial charge is 0.494 e. The highest BCUT2D eigenvalue weighted by atomic mass is 32.2. The second-order valence-corrected chi connectivity index (χ2v) is 8.60. The Morgan fingerprint density at radius 1 is 1.15 bits per heavy atom. The van der Waals surface area contributed by atoms with E-state index in [0.717, 1.165) is 12.8 Å². The van der Waals surface area contributed by atoms with Crippen LogP contribution in [0.25, 0.3) is 0 Å². The summed E-state index contributed by atoms with van der Waals surface area (Å²) in [5.41, 5.74) is 0. The number of benzene rings is 1. The Morgan fingerprint density at radius 2 is 1.85 bits per heavy atom. The van der Waals surface area contributed by atoms with Crippen molar-refractivity contribution >= 4 is 15.9 Å². The van der Waals surface area contributed by atoms with Gasteiger partial charge in [0.25, 0.3) is 0 Å². The minimum Gasteiger partial charge on any atom is -0.494 e. The molecule has 1 amide bonds. The van der Waals surface area contributed by atoms with E-state index in [0.29, 0.717) is 50.9 Å². The van der Waals surface area contributed by atoms with Crippen molar-refractivity contribution in [2.75, 3.05) is 32.8 Å². The van der Waals surface area contributed by atoms with Gasteiger partial charge in [0.1, 0.15) is 5.75 Å². The van der Waals surface area contributed by atoms with E-state index in [1.54, 1.807) is 29.2 Å². The summed E-state index contributed by atoms with van der Waals surface area (Å²) in [6, 6.07) is 6.49. The van der Waals surface area contributed by atoms with Gasteiger partial charge in [-0.1, -0.05) is 12.2 Å². The van der Waals surface area contributed by atoms with E-state index in [1.807, 2.05) is 6.92 Å². The molecule has 1 fully saturated rings.